The first-order valence-corrected chi connectivity index (χ1v) is 11.3. The molecule has 0 saturated carbocycles. The first-order chi connectivity index (χ1) is 17.5. The molecule has 9 heteroatoms. The Morgan fingerprint density at radius 2 is 1.61 bits per heavy atom. The molecular formula is C27H23N3O6. The molecule has 2 aliphatic rings. The number of fused-ring (bicyclic) bond motifs is 5. The van der Waals surface area contributed by atoms with Crippen LogP contribution in [0, 0.1) is 0 Å². The van der Waals surface area contributed by atoms with Gasteiger partial charge in [0.15, 0.2) is 17.3 Å². The number of para-hydroxylation sites is 1. The standard InChI is InChI=1S/C27H23N3O6/c1-35-21-13-12-18-23(24(21)36-2)27(34)30-19-11-7-6-10-17(19)26(33)29(25(18)30)15-22(32)28-14-20(31)16-8-4-3-5-9-16/h3-13,25H,14-15H2,1-2H3,(H,28,32)/t25-/m1/s1. The largest absolute Gasteiger partial charge is 0.493 e. The number of ether oxygens (including phenoxy) is 2. The average Bonchev–Trinajstić information content (AvgIpc) is 3.21. The maximum absolute atomic E-state index is 13.7. The Kier molecular flexibility index (Phi) is 5.89. The molecule has 36 heavy (non-hydrogen) atoms. The van der Waals surface area contributed by atoms with Crippen LogP contribution in [0.1, 0.15) is 42.8 Å². The monoisotopic (exact) mass is 485 g/mol. The van der Waals surface area contributed by atoms with E-state index in [1.807, 2.05) is 0 Å². The SMILES string of the molecule is COc1ccc2c(c1OC)C(=O)N1c3ccccc3C(=O)N(CC(=O)NCC(=O)c3ccccc3)[C@@H]21. The highest BCUT2D eigenvalue weighted by molar-refractivity contribution is 6.18. The van der Waals surface area contributed by atoms with E-state index < -0.39 is 18.0 Å². The third-order valence-corrected chi connectivity index (χ3v) is 6.34. The molecule has 2 aliphatic heterocycles. The molecule has 0 saturated heterocycles. The average molecular weight is 485 g/mol. The van der Waals surface area contributed by atoms with Crippen LogP contribution in [0.4, 0.5) is 5.69 Å². The molecule has 5 rings (SSSR count). The molecule has 0 aromatic heterocycles. The summed E-state index contributed by atoms with van der Waals surface area (Å²) in [6, 6.07) is 18.7. The summed E-state index contributed by atoms with van der Waals surface area (Å²) in [5.74, 6) is -0.889. The smallest absolute Gasteiger partial charge is 0.264 e. The highest BCUT2D eigenvalue weighted by Gasteiger charge is 2.50. The maximum atomic E-state index is 13.7. The van der Waals surface area contributed by atoms with Crippen LogP contribution in [0.15, 0.2) is 66.7 Å². The van der Waals surface area contributed by atoms with Crippen molar-refractivity contribution in [3.05, 3.63) is 89.0 Å². The number of ketones is 1. The number of amides is 3. The van der Waals surface area contributed by atoms with E-state index in [2.05, 4.69) is 5.32 Å². The van der Waals surface area contributed by atoms with Gasteiger partial charge in [0.1, 0.15) is 12.7 Å². The molecule has 9 nitrogen and oxygen atoms in total. The second-order valence-electron chi connectivity index (χ2n) is 8.33. The van der Waals surface area contributed by atoms with Crippen molar-refractivity contribution >= 4 is 29.2 Å². The Morgan fingerprint density at radius 1 is 0.889 bits per heavy atom. The van der Waals surface area contributed by atoms with Gasteiger partial charge in [-0.1, -0.05) is 48.5 Å². The Morgan fingerprint density at radius 3 is 2.33 bits per heavy atom. The fourth-order valence-electron chi connectivity index (χ4n) is 4.70. The van der Waals surface area contributed by atoms with E-state index in [9.17, 15) is 19.2 Å². The lowest BCUT2D eigenvalue weighted by molar-refractivity contribution is -0.122. The van der Waals surface area contributed by atoms with E-state index in [-0.39, 0.29) is 36.1 Å². The van der Waals surface area contributed by atoms with E-state index in [0.29, 0.717) is 28.1 Å². The zero-order chi connectivity index (χ0) is 25.4. The Balaban J connectivity index is 1.48. The van der Waals surface area contributed by atoms with E-state index >= 15 is 0 Å². The molecular weight excluding hydrogens is 462 g/mol. The van der Waals surface area contributed by atoms with Crippen molar-refractivity contribution < 1.29 is 28.7 Å². The fourth-order valence-corrected chi connectivity index (χ4v) is 4.70. The summed E-state index contributed by atoms with van der Waals surface area (Å²) in [6.07, 6.45) is -0.856. The van der Waals surface area contributed by atoms with Crippen molar-refractivity contribution in [2.45, 2.75) is 6.17 Å². The summed E-state index contributed by atoms with van der Waals surface area (Å²) in [5.41, 5.74) is 2.02. The lowest BCUT2D eigenvalue weighted by atomic mass is 10.0. The number of hydrogen-bond acceptors (Lipinski definition) is 6. The van der Waals surface area contributed by atoms with Crippen molar-refractivity contribution in [2.75, 3.05) is 32.2 Å². The molecule has 1 atom stereocenters. The first-order valence-electron chi connectivity index (χ1n) is 11.3. The number of anilines is 1. The summed E-state index contributed by atoms with van der Waals surface area (Å²) >= 11 is 0. The summed E-state index contributed by atoms with van der Waals surface area (Å²) in [5, 5.41) is 2.60. The number of methoxy groups -OCH3 is 2. The van der Waals surface area contributed by atoms with E-state index in [1.165, 1.54) is 24.0 Å². The third-order valence-electron chi connectivity index (χ3n) is 6.34. The fraction of sp³-hybridized carbons (Fsp3) is 0.185. The molecule has 0 radical (unpaired) electrons. The quantitative estimate of drug-likeness (QED) is 0.516. The van der Waals surface area contributed by atoms with Crippen LogP contribution in [0.2, 0.25) is 0 Å². The Labute approximate surface area is 207 Å². The van der Waals surface area contributed by atoms with Gasteiger partial charge in [0.25, 0.3) is 11.8 Å². The lowest BCUT2D eigenvalue weighted by Gasteiger charge is -2.40. The zero-order valence-corrected chi connectivity index (χ0v) is 19.7. The van der Waals surface area contributed by atoms with E-state index in [1.54, 1.807) is 66.7 Å². The van der Waals surface area contributed by atoms with Crippen LogP contribution >= 0.6 is 0 Å². The molecule has 3 aromatic rings. The third kappa shape index (κ3) is 3.65. The molecule has 1 N–H and O–H groups in total. The molecule has 2 heterocycles. The predicted octanol–water partition coefficient (Wildman–Crippen LogP) is 2.82. The van der Waals surface area contributed by atoms with Gasteiger partial charge >= 0.3 is 0 Å². The Bertz CT molecular complexity index is 1390. The van der Waals surface area contributed by atoms with Crippen LogP contribution < -0.4 is 19.7 Å². The summed E-state index contributed by atoms with van der Waals surface area (Å²) in [7, 11) is 2.92. The van der Waals surface area contributed by atoms with Crippen LogP contribution in [0.3, 0.4) is 0 Å². The lowest BCUT2D eigenvalue weighted by Crippen LogP contribution is -2.51. The number of rotatable bonds is 7. The number of carbonyl (C=O) groups excluding carboxylic acids is 4. The number of nitrogens with one attached hydrogen (secondary N) is 1. The van der Waals surface area contributed by atoms with Gasteiger partial charge in [-0.2, -0.15) is 0 Å². The topological polar surface area (TPSA) is 105 Å². The van der Waals surface area contributed by atoms with Gasteiger partial charge in [0.2, 0.25) is 5.91 Å². The van der Waals surface area contributed by atoms with Gasteiger partial charge < -0.3 is 19.7 Å². The minimum atomic E-state index is -0.856. The second-order valence-corrected chi connectivity index (χ2v) is 8.33. The molecule has 3 amide bonds. The number of benzene rings is 3. The zero-order valence-electron chi connectivity index (χ0n) is 19.7. The van der Waals surface area contributed by atoms with Gasteiger partial charge in [0, 0.05) is 11.1 Å². The second kappa shape index (κ2) is 9.18. The number of nitrogens with zero attached hydrogens (tertiary/aromatic N) is 2. The van der Waals surface area contributed by atoms with Crippen LogP contribution in [-0.2, 0) is 4.79 Å². The minimum absolute atomic E-state index is 0.212. The number of Topliss-reactive ketones (excluding diaryl/α,β-unsaturated/α-hetero) is 1. The van der Waals surface area contributed by atoms with Gasteiger partial charge in [-0.25, -0.2) is 0 Å². The number of carbonyl (C=O) groups is 4. The van der Waals surface area contributed by atoms with Crippen molar-refractivity contribution in [1.82, 2.24) is 10.2 Å². The molecule has 0 unspecified atom stereocenters. The molecule has 0 fully saturated rings. The van der Waals surface area contributed by atoms with Crippen LogP contribution in [0.25, 0.3) is 0 Å². The summed E-state index contributed by atoms with van der Waals surface area (Å²) in [6.45, 7) is -0.562. The van der Waals surface area contributed by atoms with Crippen LogP contribution in [0.5, 0.6) is 11.5 Å². The molecule has 182 valence electrons. The first kappa shape index (κ1) is 23.1. The summed E-state index contributed by atoms with van der Waals surface area (Å²) in [4.78, 5) is 55.3. The molecule has 0 aliphatic carbocycles. The van der Waals surface area contributed by atoms with E-state index in [4.69, 9.17) is 9.47 Å². The van der Waals surface area contributed by atoms with Gasteiger partial charge in [-0.05, 0) is 18.2 Å². The normalized spacial score (nSPS) is 15.7. The van der Waals surface area contributed by atoms with Gasteiger partial charge in [0.05, 0.1) is 37.6 Å². The van der Waals surface area contributed by atoms with Crippen molar-refractivity contribution in [1.29, 1.82) is 0 Å². The highest BCUT2D eigenvalue weighted by Crippen LogP contribution is 2.49. The van der Waals surface area contributed by atoms with Gasteiger partial charge in [-0.3, -0.25) is 24.1 Å². The van der Waals surface area contributed by atoms with Crippen molar-refractivity contribution in [3.8, 4) is 11.5 Å². The van der Waals surface area contributed by atoms with Gasteiger partial charge in [-0.15, -0.1) is 0 Å². The Hall–Kier alpha value is -4.66. The maximum Gasteiger partial charge on any atom is 0.264 e. The molecule has 0 bridgehead atoms. The minimum Gasteiger partial charge on any atom is -0.493 e. The number of hydrogen-bond donors (Lipinski definition) is 1. The molecule has 3 aromatic carbocycles. The highest BCUT2D eigenvalue weighted by atomic mass is 16.5. The predicted molar refractivity (Wildman–Crippen MR) is 130 cm³/mol. The molecule has 0 spiro atoms. The summed E-state index contributed by atoms with van der Waals surface area (Å²) < 4.78 is 10.9. The van der Waals surface area contributed by atoms with Crippen molar-refractivity contribution in [3.63, 3.8) is 0 Å². The van der Waals surface area contributed by atoms with Crippen LogP contribution in [-0.4, -0.2) is 55.7 Å². The van der Waals surface area contributed by atoms with Crippen molar-refractivity contribution in [2.24, 2.45) is 0 Å². The van der Waals surface area contributed by atoms with E-state index in [0.717, 1.165) is 0 Å².